The molecule has 3 amide bonds. The first-order valence-electron chi connectivity index (χ1n) is 14.7. The maximum Gasteiger partial charge on any atom is 0.258 e. The molecule has 1 saturated heterocycles. The molecule has 1 atom stereocenters. The summed E-state index contributed by atoms with van der Waals surface area (Å²) in [6.45, 7) is 4.14. The summed E-state index contributed by atoms with van der Waals surface area (Å²) in [5.41, 5.74) is 3.47. The molecule has 0 spiro atoms. The number of para-hydroxylation sites is 2. The number of morpholine rings is 1. The molecule has 3 aromatic carbocycles. The molecule has 0 saturated carbocycles. The molecular weight excluding hydrogens is 560 g/mol. The Bertz CT molecular complexity index is 1580. The van der Waals surface area contributed by atoms with Gasteiger partial charge in [-0.05, 0) is 48.4 Å². The predicted octanol–water partition coefficient (Wildman–Crippen LogP) is 3.80. The minimum absolute atomic E-state index is 0.0548. The van der Waals surface area contributed by atoms with E-state index in [2.05, 4.69) is 10.3 Å². The van der Waals surface area contributed by atoms with Crippen molar-refractivity contribution in [3.05, 3.63) is 95.7 Å². The zero-order valence-corrected chi connectivity index (χ0v) is 25.1. The van der Waals surface area contributed by atoms with Gasteiger partial charge in [0.15, 0.2) is 6.61 Å². The Balaban J connectivity index is 1.26. The molecule has 1 fully saturated rings. The van der Waals surface area contributed by atoms with Crippen LogP contribution in [-0.4, -0.2) is 85.1 Å². The SMILES string of the molecule is COc1ccccc1CN(CC(Cc1c[nH]c2ccccc12)NC(=O)COc1ccc(C(=O)N2CCOCC2)cc1)C(C)=O. The van der Waals surface area contributed by atoms with Crippen molar-refractivity contribution >= 4 is 28.6 Å². The minimum atomic E-state index is -0.391. The number of nitrogens with one attached hydrogen (secondary N) is 2. The standard InChI is InChI=1S/C34H38N4O6/c1-24(39)38(21-26-7-3-6-10-32(26)42-2)22-28(19-27-20-35-31-9-5-4-8-30(27)31)36-33(40)23-44-29-13-11-25(12-14-29)34(41)37-15-17-43-18-16-37/h3-14,20,28,35H,15-19,21-23H2,1-2H3,(H,36,40). The predicted molar refractivity (Wildman–Crippen MR) is 167 cm³/mol. The van der Waals surface area contributed by atoms with Gasteiger partial charge in [0.25, 0.3) is 11.8 Å². The van der Waals surface area contributed by atoms with Gasteiger partial charge >= 0.3 is 0 Å². The van der Waals surface area contributed by atoms with E-state index in [1.54, 1.807) is 41.2 Å². The van der Waals surface area contributed by atoms with Crippen molar-refractivity contribution in [2.24, 2.45) is 0 Å². The average Bonchev–Trinajstić information content (AvgIpc) is 3.46. The number of nitrogens with zero attached hydrogens (tertiary/aromatic N) is 2. The summed E-state index contributed by atoms with van der Waals surface area (Å²) in [7, 11) is 1.60. The number of amides is 3. The summed E-state index contributed by atoms with van der Waals surface area (Å²) < 4.78 is 16.6. The Morgan fingerprint density at radius 3 is 2.45 bits per heavy atom. The number of carbonyl (C=O) groups excluding carboxylic acids is 3. The van der Waals surface area contributed by atoms with Crippen molar-refractivity contribution in [1.29, 1.82) is 0 Å². The van der Waals surface area contributed by atoms with Crippen LogP contribution >= 0.6 is 0 Å². The zero-order valence-electron chi connectivity index (χ0n) is 25.1. The van der Waals surface area contributed by atoms with E-state index in [0.717, 1.165) is 22.0 Å². The van der Waals surface area contributed by atoms with Crippen molar-refractivity contribution < 1.29 is 28.6 Å². The van der Waals surface area contributed by atoms with Crippen LogP contribution in [0.4, 0.5) is 0 Å². The van der Waals surface area contributed by atoms with Crippen LogP contribution in [0.3, 0.4) is 0 Å². The molecule has 10 heteroatoms. The number of aromatic amines is 1. The van der Waals surface area contributed by atoms with Gasteiger partial charge in [-0.3, -0.25) is 14.4 Å². The number of methoxy groups -OCH3 is 1. The van der Waals surface area contributed by atoms with Crippen LogP contribution in [0, 0.1) is 0 Å². The fourth-order valence-electron chi connectivity index (χ4n) is 5.40. The van der Waals surface area contributed by atoms with Crippen LogP contribution in [-0.2, 0) is 27.3 Å². The molecule has 230 valence electrons. The van der Waals surface area contributed by atoms with E-state index in [0.29, 0.717) is 56.3 Å². The van der Waals surface area contributed by atoms with Crippen molar-refractivity contribution in [3.63, 3.8) is 0 Å². The second-order valence-corrected chi connectivity index (χ2v) is 10.8. The van der Waals surface area contributed by atoms with Crippen molar-refractivity contribution in [2.75, 3.05) is 46.6 Å². The molecule has 2 N–H and O–H groups in total. The lowest BCUT2D eigenvalue weighted by Crippen LogP contribution is -2.47. The van der Waals surface area contributed by atoms with Gasteiger partial charge in [-0.25, -0.2) is 0 Å². The molecule has 4 aromatic rings. The molecular formula is C34H38N4O6. The van der Waals surface area contributed by atoms with E-state index in [9.17, 15) is 14.4 Å². The van der Waals surface area contributed by atoms with Gasteiger partial charge in [0, 0.05) is 61.3 Å². The quantitative estimate of drug-likeness (QED) is 0.257. The van der Waals surface area contributed by atoms with Crippen molar-refractivity contribution in [1.82, 2.24) is 20.1 Å². The number of aromatic nitrogens is 1. The average molecular weight is 599 g/mol. The van der Waals surface area contributed by atoms with E-state index >= 15 is 0 Å². The van der Waals surface area contributed by atoms with Crippen molar-refractivity contribution in [3.8, 4) is 11.5 Å². The molecule has 0 radical (unpaired) electrons. The first kappa shape index (κ1) is 30.6. The van der Waals surface area contributed by atoms with Crippen LogP contribution < -0.4 is 14.8 Å². The second-order valence-electron chi connectivity index (χ2n) is 10.8. The van der Waals surface area contributed by atoms with E-state index in [-0.39, 0.29) is 30.9 Å². The van der Waals surface area contributed by atoms with Gasteiger partial charge in [0.1, 0.15) is 11.5 Å². The van der Waals surface area contributed by atoms with Gasteiger partial charge in [-0.15, -0.1) is 0 Å². The van der Waals surface area contributed by atoms with E-state index < -0.39 is 6.04 Å². The number of hydrogen-bond acceptors (Lipinski definition) is 6. The fraction of sp³-hybridized carbons (Fsp3) is 0.324. The Hall–Kier alpha value is -4.83. The lowest BCUT2D eigenvalue weighted by molar-refractivity contribution is -0.131. The van der Waals surface area contributed by atoms with E-state index in [1.165, 1.54) is 6.92 Å². The molecule has 10 nitrogen and oxygen atoms in total. The zero-order chi connectivity index (χ0) is 30.9. The Kier molecular flexibility index (Phi) is 10.1. The number of fused-ring (bicyclic) bond motifs is 1. The summed E-state index contributed by atoms with van der Waals surface area (Å²) >= 11 is 0. The van der Waals surface area contributed by atoms with E-state index in [4.69, 9.17) is 14.2 Å². The summed E-state index contributed by atoms with van der Waals surface area (Å²) in [5, 5.41) is 4.15. The Morgan fingerprint density at radius 2 is 1.70 bits per heavy atom. The molecule has 44 heavy (non-hydrogen) atoms. The lowest BCUT2D eigenvalue weighted by Gasteiger charge is -2.28. The number of rotatable bonds is 12. The van der Waals surface area contributed by atoms with E-state index in [1.807, 2.05) is 54.7 Å². The third kappa shape index (κ3) is 7.76. The summed E-state index contributed by atoms with van der Waals surface area (Å²) in [6, 6.07) is 22.0. The first-order chi connectivity index (χ1) is 21.4. The number of ether oxygens (including phenoxy) is 3. The maximum absolute atomic E-state index is 13.2. The van der Waals surface area contributed by atoms with Gasteiger partial charge in [0.05, 0.1) is 26.4 Å². The molecule has 0 aliphatic carbocycles. The van der Waals surface area contributed by atoms with Crippen LogP contribution in [0.15, 0.2) is 79.0 Å². The number of carbonyl (C=O) groups is 3. The van der Waals surface area contributed by atoms with Gasteiger partial charge < -0.3 is 34.3 Å². The molecule has 2 heterocycles. The highest BCUT2D eigenvalue weighted by Gasteiger charge is 2.22. The summed E-state index contributed by atoms with van der Waals surface area (Å²) in [4.78, 5) is 45.4. The molecule has 0 bridgehead atoms. The number of H-pyrrole nitrogens is 1. The third-order valence-corrected chi connectivity index (χ3v) is 7.72. The number of benzene rings is 3. The highest BCUT2D eigenvalue weighted by atomic mass is 16.5. The minimum Gasteiger partial charge on any atom is -0.496 e. The lowest BCUT2D eigenvalue weighted by atomic mass is 10.0. The van der Waals surface area contributed by atoms with Gasteiger partial charge in [-0.1, -0.05) is 36.4 Å². The topological polar surface area (TPSA) is 113 Å². The molecule has 1 aliphatic rings. The van der Waals surface area contributed by atoms with Crippen LogP contribution in [0.25, 0.3) is 10.9 Å². The summed E-state index contributed by atoms with van der Waals surface area (Å²) in [6.07, 6.45) is 2.45. The highest BCUT2D eigenvalue weighted by molar-refractivity contribution is 5.94. The van der Waals surface area contributed by atoms with Crippen LogP contribution in [0.1, 0.15) is 28.4 Å². The molecule has 1 aliphatic heterocycles. The Morgan fingerprint density at radius 1 is 0.977 bits per heavy atom. The molecule has 5 rings (SSSR count). The fourth-order valence-corrected chi connectivity index (χ4v) is 5.40. The van der Waals surface area contributed by atoms with Gasteiger partial charge in [0.2, 0.25) is 5.91 Å². The first-order valence-corrected chi connectivity index (χ1v) is 14.7. The largest absolute Gasteiger partial charge is 0.496 e. The second kappa shape index (κ2) is 14.6. The third-order valence-electron chi connectivity index (χ3n) is 7.72. The molecule has 1 unspecified atom stereocenters. The maximum atomic E-state index is 13.2. The van der Waals surface area contributed by atoms with Crippen LogP contribution in [0.5, 0.6) is 11.5 Å². The highest BCUT2D eigenvalue weighted by Crippen LogP contribution is 2.22. The Labute approximate surface area is 256 Å². The monoisotopic (exact) mass is 598 g/mol. The smallest absolute Gasteiger partial charge is 0.258 e. The molecule has 1 aromatic heterocycles. The number of hydrogen-bond donors (Lipinski definition) is 2. The van der Waals surface area contributed by atoms with Gasteiger partial charge in [-0.2, -0.15) is 0 Å². The normalized spacial score (nSPS) is 13.7. The summed E-state index contributed by atoms with van der Waals surface area (Å²) in [5.74, 6) is 0.692. The van der Waals surface area contributed by atoms with Crippen LogP contribution in [0.2, 0.25) is 0 Å². The van der Waals surface area contributed by atoms with Crippen molar-refractivity contribution in [2.45, 2.75) is 25.9 Å².